The highest BCUT2D eigenvalue weighted by Crippen LogP contribution is 2.29. The number of nitrogens with one attached hydrogen (secondary N) is 2. The highest BCUT2D eigenvalue weighted by Gasteiger charge is 2.28. The lowest BCUT2D eigenvalue weighted by Crippen LogP contribution is -2.18. The zero-order valence-corrected chi connectivity index (χ0v) is 17.2. The van der Waals surface area contributed by atoms with Gasteiger partial charge in [0.1, 0.15) is 11.6 Å². The van der Waals surface area contributed by atoms with Crippen molar-refractivity contribution in [3.63, 3.8) is 0 Å². The second-order valence-corrected chi connectivity index (χ2v) is 7.87. The molecular formula is C24H29N3O2. The number of carbonyl (C=O) groups is 1. The lowest BCUT2D eigenvalue weighted by molar-refractivity contribution is -0.120. The summed E-state index contributed by atoms with van der Waals surface area (Å²) in [5.74, 6) is 2.18. The number of aryl methyl sites for hydroxylation is 1. The summed E-state index contributed by atoms with van der Waals surface area (Å²) in [6, 6.07) is 14.5. The first kappa shape index (κ1) is 19.5. The van der Waals surface area contributed by atoms with E-state index in [2.05, 4.69) is 48.4 Å². The molecular weight excluding hydrogens is 362 g/mol. The van der Waals surface area contributed by atoms with Crippen molar-refractivity contribution in [2.45, 2.75) is 51.4 Å². The van der Waals surface area contributed by atoms with E-state index in [1.807, 2.05) is 18.2 Å². The number of rotatable bonds is 8. The van der Waals surface area contributed by atoms with Crippen molar-refractivity contribution in [3.8, 4) is 5.75 Å². The molecule has 1 amide bonds. The summed E-state index contributed by atoms with van der Waals surface area (Å²) in [5.41, 5.74) is 4.45. The van der Waals surface area contributed by atoms with Crippen LogP contribution in [0.1, 0.15) is 61.9 Å². The normalized spacial score (nSPS) is 17.4. The number of H-pyrrole nitrogens is 1. The number of para-hydroxylation sites is 2. The van der Waals surface area contributed by atoms with Gasteiger partial charge in [-0.1, -0.05) is 44.2 Å². The zero-order valence-electron chi connectivity index (χ0n) is 17.2. The second kappa shape index (κ2) is 8.68. The molecule has 5 heteroatoms. The maximum atomic E-state index is 12.0. The van der Waals surface area contributed by atoms with Gasteiger partial charge in [-0.15, -0.1) is 0 Å². The predicted octanol–water partition coefficient (Wildman–Crippen LogP) is 4.69. The minimum Gasteiger partial charge on any atom is -0.493 e. The number of aromatic nitrogens is 2. The summed E-state index contributed by atoms with van der Waals surface area (Å²) in [7, 11) is 0. The van der Waals surface area contributed by atoms with E-state index in [-0.39, 0.29) is 11.8 Å². The maximum Gasteiger partial charge on any atom is 0.230 e. The monoisotopic (exact) mass is 391 g/mol. The van der Waals surface area contributed by atoms with Gasteiger partial charge in [0.15, 0.2) is 0 Å². The minimum absolute atomic E-state index is 0.0685. The van der Waals surface area contributed by atoms with Crippen LogP contribution in [0.25, 0.3) is 11.0 Å². The van der Waals surface area contributed by atoms with E-state index in [1.165, 1.54) is 11.1 Å². The third kappa shape index (κ3) is 4.14. The highest BCUT2D eigenvalue weighted by molar-refractivity contribution is 5.86. The van der Waals surface area contributed by atoms with Crippen molar-refractivity contribution in [1.29, 1.82) is 0 Å². The minimum atomic E-state index is -0.157. The molecule has 2 aromatic carbocycles. The van der Waals surface area contributed by atoms with Gasteiger partial charge in [0.2, 0.25) is 5.91 Å². The van der Waals surface area contributed by atoms with Gasteiger partial charge >= 0.3 is 0 Å². The molecule has 0 aliphatic carbocycles. The van der Waals surface area contributed by atoms with Crippen molar-refractivity contribution >= 4 is 16.9 Å². The third-order valence-electron chi connectivity index (χ3n) is 5.90. The van der Waals surface area contributed by atoms with Crippen LogP contribution < -0.4 is 10.1 Å². The summed E-state index contributed by atoms with van der Waals surface area (Å²) in [4.78, 5) is 20.1. The van der Waals surface area contributed by atoms with E-state index < -0.39 is 0 Å². The number of hydrogen-bond acceptors (Lipinski definition) is 3. The van der Waals surface area contributed by atoms with E-state index >= 15 is 0 Å². The van der Waals surface area contributed by atoms with Gasteiger partial charge in [0, 0.05) is 6.54 Å². The predicted molar refractivity (Wildman–Crippen MR) is 115 cm³/mol. The van der Waals surface area contributed by atoms with Crippen molar-refractivity contribution in [1.82, 2.24) is 15.3 Å². The number of nitrogens with zero attached hydrogens (tertiary/aromatic N) is 1. The Morgan fingerprint density at radius 1 is 1.21 bits per heavy atom. The van der Waals surface area contributed by atoms with Gasteiger partial charge in [-0.3, -0.25) is 4.79 Å². The van der Waals surface area contributed by atoms with Gasteiger partial charge in [-0.05, 0) is 54.9 Å². The Balaban J connectivity index is 1.42. The van der Waals surface area contributed by atoms with Crippen LogP contribution in [0.4, 0.5) is 0 Å². The number of imidazole rings is 1. The topological polar surface area (TPSA) is 67.0 Å². The first-order chi connectivity index (χ1) is 14.2. The Morgan fingerprint density at radius 3 is 2.86 bits per heavy atom. The molecule has 29 heavy (non-hydrogen) atoms. The standard InChI is InChI=1S/C24H29N3O2/c1-3-16(2)18-10-4-5-12-21(18)29-15-7-9-17-8-6-11-20-22(17)27-23(26-20)19-13-14-25-24(19)28/h4-6,8,10-12,16,19H,3,7,9,13-15H2,1-2H3,(H,25,28)(H,26,27). The fourth-order valence-corrected chi connectivity index (χ4v) is 4.02. The number of ether oxygens (including phenoxy) is 1. The molecule has 0 saturated carbocycles. The summed E-state index contributed by atoms with van der Waals surface area (Å²) in [5, 5.41) is 2.89. The molecule has 0 bridgehead atoms. The smallest absolute Gasteiger partial charge is 0.230 e. The van der Waals surface area contributed by atoms with Gasteiger partial charge in [0.05, 0.1) is 23.6 Å². The molecule has 1 aliphatic rings. The first-order valence-electron chi connectivity index (χ1n) is 10.6. The van der Waals surface area contributed by atoms with Crippen molar-refractivity contribution in [3.05, 3.63) is 59.4 Å². The van der Waals surface area contributed by atoms with Gasteiger partial charge < -0.3 is 15.0 Å². The number of amides is 1. The van der Waals surface area contributed by atoms with Crippen LogP contribution in [0.2, 0.25) is 0 Å². The number of aromatic amines is 1. The Labute approximate surface area is 171 Å². The number of benzene rings is 2. The van der Waals surface area contributed by atoms with E-state index in [0.717, 1.165) is 54.8 Å². The fourth-order valence-electron chi connectivity index (χ4n) is 4.02. The maximum absolute atomic E-state index is 12.0. The molecule has 1 aromatic heterocycles. The highest BCUT2D eigenvalue weighted by atomic mass is 16.5. The number of fused-ring (bicyclic) bond motifs is 1. The Kier molecular flexibility index (Phi) is 5.84. The summed E-state index contributed by atoms with van der Waals surface area (Å²) < 4.78 is 6.11. The zero-order chi connectivity index (χ0) is 20.2. The van der Waals surface area contributed by atoms with E-state index in [1.54, 1.807) is 0 Å². The largest absolute Gasteiger partial charge is 0.493 e. The molecule has 5 nitrogen and oxygen atoms in total. The van der Waals surface area contributed by atoms with Crippen LogP contribution in [-0.2, 0) is 11.2 Å². The number of hydrogen-bond donors (Lipinski definition) is 2. The van der Waals surface area contributed by atoms with Crippen molar-refractivity contribution in [2.24, 2.45) is 0 Å². The molecule has 2 heterocycles. The average molecular weight is 392 g/mol. The first-order valence-corrected chi connectivity index (χ1v) is 10.6. The lowest BCUT2D eigenvalue weighted by Gasteiger charge is -2.15. The lowest BCUT2D eigenvalue weighted by atomic mass is 9.98. The van der Waals surface area contributed by atoms with E-state index in [4.69, 9.17) is 9.72 Å². The molecule has 1 saturated heterocycles. The van der Waals surface area contributed by atoms with Crippen LogP contribution >= 0.6 is 0 Å². The van der Waals surface area contributed by atoms with Crippen LogP contribution in [0.3, 0.4) is 0 Å². The third-order valence-corrected chi connectivity index (χ3v) is 5.90. The average Bonchev–Trinajstić information content (AvgIpc) is 3.37. The summed E-state index contributed by atoms with van der Waals surface area (Å²) in [6.45, 7) is 5.84. The molecule has 2 N–H and O–H groups in total. The summed E-state index contributed by atoms with van der Waals surface area (Å²) in [6.07, 6.45) is 3.71. The van der Waals surface area contributed by atoms with Gasteiger partial charge in [-0.2, -0.15) is 0 Å². The molecule has 0 spiro atoms. The van der Waals surface area contributed by atoms with Crippen molar-refractivity contribution < 1.29 is 9.53 Å². The Bertz CT molecular complexity index is 995. The van der Waals surface area contributed by atoms with E-state index in [9.17, 15) is 4.79 Å². The molecule has 1 aliphatic heterocycles. The Hall–Kier alpha value is -2.82. The molecule has 3 aromatic rings. The van der Waals surface area contributed by atoms with Crippen LogP contribution in [0.5, 0.6) is 5.75 Å². The van der Waals surface area contributed by atoms with E-state index in [0.29, 0.717) is 12.5 Å². The quantitative estimate of drug-likeness (QED) is 0.547. The Morgan fingerprint density at radius 2 is 2.07 bits per heavy atom. The van der Waals surface area contributed by atoms with Crippen LogP contribution in [0, 0.1) is 0 Å². The van der Waals surface area contributed by atoms with Gasteiger partial charge in [-0.25, -0.2) is 4.98 Å². The second-order valence-electron chi connectivity index (χ2n) is 7.87. The molecule has 2 unspecified atom stereocenters. The molecule has 2 atom stereocenters. The van der Waals surface area contributed by atoms with Crippen molar-refractivity contribution in [2.75, 3.05) is 13.2 Å². The van der Waals surface area contributed by atoms with Gasteiger partial charge in [0.25, 0.3) is 0 Å². The van der Waals surface area contributed by atoms with Crippen LogP contribution in [-0.4, -0.2) is 29.0 Å². The fraction of sp³-hybridized carbons (Fsp3) is 0.417. The summed E-state index contributed by atoms with van der Waals surface area (Å²) >= 11 is 0. The van der Waals surface area contributed by atoms with Crippen LogP contribution in [0.15, 0.2) is 42.5 Å². The number of carbonyl (C=O) groups excluding carboxylic acids is 1. The molecule has 4 rings (SSSR count). The molecule has 0 radical (unpaired) electrons. The SMILES string of the molecule is CCC(C)c1ccccc1OCCCc1cccc2[nH]c(C3CCNC3=O)nc12. The molecule has 152 valence electrons. The molecule has 1 fully saturated rings.